The number of benzene rings is 2. The number of fused-ring (bicyclic) bond motifs is 1. The van der Waals surface area contributed by atoms with Gasteiger partial charge < -0.3 is 14.6 Å². The largest absolute Gasteiger partial charge is 0.486 e. The summed E-state index contributed by atoms with van der Waals surface area (Å²) in [6, 6.07) is 12.7. The Balaban J connectivity index is 1.86. The average molecular weight is 318 g/mol. The lowest BCUT2D eigenvalue weighted by atomic mass is 10.0. The van der Waals surface area contributed by atoms with Gasteiger partial charge in [0.05, 0.1) is 0 Å². The lowest BCUT2D eigenvalue weighted by Crippen LogP contribution is -2.33. The van der Waals surface area contributed by atoms with Crippen molar-refractivity contribution < 1.29 is 14.6 Å². The van der Waals surface area contributed by atoms with E-state index in [0.29, 0.717) is 22.2 Å². The van der Waals surface area contributed by atoms with E-state index in [4.69, 9.17) is 21.1 Å². The Hall–Kier alpha value is -2.04. The fourth-order valence-electron chi connectivity index (χ4n) is 2.50. The molecule has 0 radical (unpaired) electrons. The molecule has 4 nitrogen and oxygen atoms in total. The zero-order valence-electron chi connectivity index (χ0n) is 12.3. The number of aryl methyl sites for hydroxylation is 1. The Morgan fingerprint density at radius 1 is 1.27 bits per heavy atom. The SMILES string of the molecule is CN=C1O[C@@](O)(COc2ccc(Cl)cc2C)c2ccccc21. The van der Waals surface area contributed by atoms with E-state index < -0.39 is 5.79 Å². The first kappa shape index (κ1) is 14.9. The molecule has 5 heteroatoms. The summed E-state index contributed by atoms with van der Waals surface area (Å²) in [5, 5.41) is 11.4. The van der Waals surface area contributed by atoms with Crippen LogP contribution in [0.5, 0.6) is 5.75 Å². The quantitative estimate of drug-likeness (QED) is 0.945. The first-order chi connectivity index (χ1) is 10.5. The van der Waals surface area contributed by atoms with E-state index >= 15 is 0 Å². The Morgan fingerprint density at radius 3 is 2.77 bits per heavy atom. The molecule has 0 spiro atoms. The van der Waals surface area contributed by atoms with Gasteiger partial charge in [-0.2, -0.15) is 0 Å². The maximum absolute atomic E-state index is 10.8. The van der Waals surface area contributed by atoms with Gasteiger partial charge >= 0.3 is 0 Å². The Kier molecular flexibility index (Phi) is 3.81. The molecule has 0 unspecified atom stereocenters. The standard InChI is InChI=1S/C17H16ClNO3/c1-11-9-12(18)7-8-15(11)21-10-17(20)14-6-4-3-5-13(14)16(19-2)22-17/h3-9,20H,10H2,1-2H3/t17-/m0/s1. The topological polar surface area (TPSA) is 51.0 Å². The minimum Gasteiger partial charge on any atom is -0.486 e. The predicted octanol–water partition coefficient (Wildman–Crippen LogP) is 3.28. The van der Waals surface area contributed by atoms with Gasteiger partial charge in [0, 0.05) is 23.2 Å². The van der Waals surface area contributed by atoms with Gasteiger partial charge in [0.1, 0.15) is 5.75 Å². The van der Waals surface area contributed by atoms with Gasteiger partial charge in [0.2, 0.25) is 5.90 Å². The number of rotatable bonds is 3. The zero-order chi connectivity index (χ0) is 15.7. The van der Waals surface area contributed by atoms with E-state index in [1.807, 2.05) is 37.3 Å². The number of aliphatic hydroxyl groups is 1. The zero-order valence-corrected chi connectivity index (χ0v) is 13.1. The van der Waals surface area contributed by atoms with Crippen molar-refractivity contribution in [2.45, 2.75) is 12.7 Å². The second-order valence-corrected chi connectivity index (χ2v) is 5.60. The van der Waals surface area contributed by atoms with Crippen LogP contribution in [0.15, 0.2) is 47.5 Å². The molecule has 1 atom stereocenters. The predicted molar refractivity (Wildman–Crippen MR) is 85.6 cm³/mol. The van der Waals surface area contributed by atoms with Crippen LogP contribution in [0.25, 0.3) is 0 Å². The summed E-state index contributed by atoms with van der Waals surface area (Å²) < 4.78 is 11.3. The van der Waals surface area contributed by atoms with Gasteiger partial charge in [-0.3, -0.25) is 4.99 Å². The highest BCUT2D eigenvalue weighted by Crippen LogP contribution is 2.35. The fourth-order valence-corrected chi connectivity index (χ4v) is 2.73. The van der Waals surface area contributed by atoms with Gasteiger partial charge in [-0.25, -0.2) is 0 Å². The highest BCUT2D eigenvalue weighted by atomic mass is 35.5. The number of aliphatic imine (C=N–C) groups is 1. The van der Waals surface area contributed by atoms with Crippen LogP contribution in [0.2, 0.25) is 5.02 Å². The second-order valence-electron chi connectivity index (χ2n) is 5.16. The second kappa shape index (κ2) is 5.63. The molecule has 0 fully saturated rings. The molecule has 0 bridgehead atoms. The van der Waals surface area contributed by atoms with E-state index in [2.05, 4.69) is 4.99 Å². The summed E-state index contributed by atoms with van der Waals surface area (Å²) in [6.07, 6.45) is 0. The summed E-state index contributed by atoms with van der Waals surface area (Å²) in [5.74, 6) is -0.479. The molecular weight excluding hydrogens is 302 g/mol. The molecule has 0 saturated heterocycles. The summed E-state index contributed by atoms with van der Waals surface area (Å²) in [7, 11) is 1.63. The molecule has 2 aromatic carbocycles. The molecule has 0 saturated carbocycles. The third-order valence-corrected chi connectivity index (χ3v) is 3.84. The van der Waals surface area contributed by atoms with Crippen molar-refractivity contribution >= 4 is 17.5 Å². The van der Waals surface area contributed by atoms with E-state index in [9.17, 15) is 5.11 Å². The number of hydrogen-bond donors (Lipinski definition) is 1. The van der Waals surface area contributed by atoms with Crippen molar-refractivity contribution in [2.24, 2.45) is 4.99 Å². The summed E-state index contributed by atoms with van der Waals surface area (Å²) in [5.41, 5.74) is 2.33. The van der Waals surface area contributed by atoms with Gasteiger partial charge in [0.15, 0.2) is 6.61 Å². The van der Waals surface area contributed by atoms with Crippen LogP contribution in [0.4, 0.5) is 0 Å². The number of halogens is 1. The van der Waals surface area contributed by atoms with Crippen molar-refractivity contribution in [3.05, 3.63) is 64.2 Å². The van der Waals surface area contributed by atoms with E-state index in [-0.39, 0.29) is 6.61 Å². The normalized spacial score (nSPS) is 21.5. The van der Waals surface area contributed by atoms with Gasteiger partial charge in [-0.05, 0) is 36.8 Å². The first-order valence-corrected chi connectivity index (χ1v) is 7.28. The summed E-state index contributed by atoms with van der Waals surface area (Å²) >= 11 is 5.93. The number of nitrogens with zero attached hydrogens (tertiary/aromatic N) is 1. The minimum atomic E-state index is -1.54. The van der Waals surface area contributed by atoms with Crippen LogP contribution in [0.1, 0.15) is 16.7 Å². The van der Waals surface area contributed by atoms with Crippen LogP contribution < -0.4 is 4.74 Å². The Morgan fingerprint density at radius 2 is 2.05 bits per heavy atom. The lowest BCUT2D eigenvalue weighted by Gasteiger charge is -2.23. The van der Waals surface area contributed by atoms with Crippen molar-refractivity contribution in [3.63, 3.8) is 0 Å². The minimum absolute atomic E-state index is 0.0362. The first-order valence-electron chi connectivity index (χ1n) is 6.90. The average Bonchev–Trinajstić information content (AvgIpc) is 2.80. The van der Waals surface area contributed by atoms with Crippen molar-refractivity contribution in [2.75, 3.05) is 13.7 Å². The van der Waals surface area contributed by atoms with Gasteiger partial charge in [-0.15, -0.1) is 0 Å². The number of ether oxygens (including phenoxy) is 2. The van der Waals surface area contributed by atoms with Crippen LogP contribution in [-0.2, 0) is 10.5 Å². The summed E-state index contributed by atoms with van der Waals surface area (Å²) in [6.45, 7) is 1.86. The van der Waals surface area contributed by atoms with Crippen molar-refractivity contribution in [1.82, 2.24) is 0 Å². The monoisotopic (exact) mass is 317 g/mol. The smallest absolute Gasteiger partial charge is 0.271 e. The molecule has 0 amide bonds. The van der Waals surface area contributed by atoms with Crippen LogP contribution in [0.3, 0.4) is 0 Å². The molecule has 0 aromatic heterocycles. The molecule has 1 heterocycles. The van der Waals surface area contributed by atoms with Crippen LogP contribution in [-0.4, -0.2) is 24.7 Å². The molecule has 22 heavy (non-hydrogen) atoms. The maximum atomic E-state index is 10.8. The molecule has 1 aliphatic rings. The molecule has 114 valence electrons. The van der Waals surface area contributed by atoms with Crippen LogP contribution in [0, 0.1) is 6.92 Å². The molecule has 1 aliphatic heterocycles. The maximum Gasteiger partial charge on any atom is 0.271 e. The van der Waals surface area contributed by atoms with Gasteiger partial charge in [0.25, 0.3) is 5.79 Å². The van der Waals surface area contributed by atoms with E-state index in [1.165, 1.54) is 0 Å². The highest BCUT2D eigenvalue weighted by Gasteiger charge is 2.43. The third-order valence-electron chi connectivity index (χ3n) is 3.61. The van der Waals surface area contributed by atoms with Crippen LogP contribution >= 0.6 is 11.6 Å². The molecule has 0 aliphatic carbocycles. The molecule has 3 rings (SSSR count). The lowest BCUT2D eigenvalue weighted by molar-refractivity contribution is -0.169. The van der Waals surface area contributed by atoms with E-state index in [0.717, 1.165) is 11.1 Å². The van der Waals surface area contributed by atoms with Crippen molar-refractivity contribution in [1.29, 1.82) is 0 Å². The molecular formula is C17H16ClNO3. The molecule has 1 N–H and O–H groups in total. The van der Waals surface area contributed by atoms with Gasteiger partial charge in [-0.1, -0.05) is 29.8 Å². The third kappa shape index (κ3) is 2.56. The highest BCUT2D eigenvalue weighted by molar-refractivity contribution is 6.30. The van der Waals surface area contributed by atoms with E-state index in [1.54, 1.807) is 19.2 Å². The molecule has 2 aromatic rings. The van der Waals surface area contributed by atoms with Crippen molar-refractivity contribution in [3.8, 4) is 5.75 Å². The summed E-state index contributed by atoms with van der Waals surface area (Å²) in [4.78, 5) is 4.07. The fraction of sp³-hybridized carbons (Fsp3) is 0.235. The number of hydrogen-bond acceptors (Lipinski definition) is 4. The Bertz CT molecular complexity index is 744. The Labute approximate surface area is 134 Å².